The Morgan fingerprint density at radius 3 is 3.20 bits per heavy atom. The quantitative estimate of drug-likeness (QED) is 0.864. The third-order valence-corrected chi connectivity index (χ3v) is 3.99. The van der Waals surface area contributed by atoms with Gasteiger partial charge in [-0.1, -0.05) is 0 Å². The Morgan fingerprint density at radius 2 is 2.47 bits per heavy atom. The van der Waals surface area contributed by atoms with Crippen LogP contribution in [0.15, 0.2) is 11.4 Å². The lowest BCUT2D eigenvalue weighted by Gasteiger charge is -2.23. The number of fused-ring (bicyclic) bond motifs is 1. The predicted octanol–water partition coefficient (Wildman–Crippen LogP) is 0.911. The maximum Gasteiger partial charge on any atom is 0.208 e. The molecule has 4 nitrogen and oxygen atoms in total. The number of nitrogens with one attached hydrogen (secondary N) is 1. The highest BCUT2D eigenvalue weighted by molar-refractivity contribution is 7.88. The minimum Gasteiger partial charge on any atom is -0.372 e. The molecule has 15 heavy (non-hydrogen) atoms. The Balaban J connectivity index is 2.07. The molecule has 1 aliphatic heterocycles. The van der Waals surface area contributed by atoms with Crippen LogP contribution >= 0.6 is 11.3 Å². The van der Waals surface area contributed by atoms with Crippen molar-refractivity contribution in [3.63, 3.8) is 0 Å². The molecule has 6 heteroatoms. The molecule has 0 radical (unpaired) electrons. The maximum absolute atomic E-state index is 11.0. The standard InChI is InChI=1S/C9H13NO3S2/c1-15(11,12)10-6-8-7-3-5-14-9(7)2-4-13-8/h3,5,8,10H,2,4,6H2,1H3. The van der Waals surface area contributed by atoms with Crippen LogP contribution in [-0.4, -0.2) is 27.8 Å². The Labute approximate surface area is 93.3 Å². The monoisotopic (exact) mass is 247 g/mol. The topological polar surface area (TPSA) is 55.4 Å². The van der Waals surface area contributed by atoms with Crippen molar-refractivity contribution in [2.75, 3.05) is 19.4 Å². The zero-order valence-electron chi connectivity index (χ0n) is 8.39. The van der Waals surface area contributed by atoms with E-state index in [9.17, 15) is 8.42 Å². The molecule has 0 aliphatic carbocycles. The van der Waals surface area contributed by atoms with Crippen LogP contribution in [0.25, 0.3) is 0 Å². The normalized spacial score (nSPS) is 21.3. The van der Waals surface area contributed by atoms with Gasteiger partial charge in [0.15, 0.2) is 0 Å². The molecule has 1 N–H and O–H groups in total. The molecule has 0 amide bonds. The summed E-state index contributed by atoms with van der Waals surface area (Å²) in [5, 5.41) is 2.02. The molecule has 0 saturated carbocycles. The van der Waals surface area contributed by atoms with E-state index in [1.807, 2.05) is 11.4 Å². The van der Waals surface area contributed by atoms with Crippen LogP contribution in [-0.2, 0) is 21.2 Å². The Morgan fingerprint density at radius 1 is 1.67 bits per heavy atom. The highest BCUT2D eigenvalue weighted by Crippen LogP contribution is 2.30. The van der Waals surface area contributed by atoms with Crippen LogP contribution < -0.4 is 4.72 Å². The number of hydrogen-bond acceptors (Lipinski definition) is 4. The van der Waals surface area contributed by atoms with Crippen molar-refractivity contribution in [1.29, 1.82) is 0 Å². The largest absolute Gasteiger partial charge is 0.372 e. The summed E-state index contributed by atoms with van der Waals surface area (Å²) in [6.45, 7) is 0.992. The molecular weight excluding hydrogens is 234 g/mol. The molecule has 2 rings (SSSR count). The maximum atomic E-state index is 11.0. The first-order valence-corrected chi connectivity index (χ1v) is 7.46. The first-order valence-electron chi connectivity index (χ1n) is 4.69. The summed E-state index contributed by atoms with van der Waals surface area (Å²) in [6, 6.07) is 2.01. The Bertz CT molecular complexity index is 438. The molecule has 2 heterocycles. The molecule has 0 bridgehead atoms. The van der Waals surface area contributed by atoms with Gasteiger partial charge >= 0.3 is 0 Å². The molecular formula is C9H13NO3S2. The van der Waals surface area contributed by atoms with Gasteiger partial charge in [0, 0.05) is 17.8 Å². The first-order chi connectivity index (χ1) is 7.06. The average Bonchev–Trinajstić information content (AvgIpc) is 2.61. The van der Waals surface area contributed by atoms with Gasteiger partial charge in [0.1, 0.15) is 0 Å². The van der Waals surface area contributed by atoms with E-state index < -0.39 is 10.0 Å². The van der Waals surface area contributed by atoms with E-state index in [1.54, 1.807) is 11.3 Å². The summed E-state index contributed by atoms with van der Waals surface area (Å²) < 4.78 is 29.9. The second-order valence-corrected chi connectivity index (χ2v) is 6.36. The summed E-state index contributed by atoms with van der Waals surface area (Å²) in [5.74, 6) is 0. The molecule has 1 aromatic heterocycles. The van der Waals surface area contributed by atoms with Gasteiger partial charge in [0.2, 0.25) is 10.0 Å². The third kappa shape index (κ3) is 2.78. The summed E-state index contributed by atoms with van der Waals surface area (Å²) in [5.41, 5.74) is 1.13. The zero-order chi connectivity index (χ0) is 10.9. The van der Waals surface area contributed by atoms with Gasteiger partial charge in [0.25, 0.3) is 0 Å². The summed E-state index contributed by atoms with van der Waals surface area (Å²) in [6.07, 6.45) is 1.96. The van der Waals surface area contributed by atoms with Crippen LogP contribution in [0.5, 0.6) is 0 Å². The average molecular weight is 247 g/mol. The number of thiophene rings is 1. The number of ether oxygens (including phenoxy) is 1. The van der Waals surface area contributed by atoms with E-state index in [2.05, 4.69) is 4.72 Å². The van der Waals surface area contributed by atoms with Crippen molar-refractivity contribution in [1.82, 2.24) is 4.72 Å². The van der Waals surface area contributed by atoms with Gasteiger partial charge in [0.05, 0.1) is 19.0 Å². The van der Waals surface area contributed by atoms with E-state index in [-0.39, 0.29) is 6.10 Å². The highest BCUT2D eigenvalue weighted by atomic mass is 32.2. The van der Waals surface area contributed by atoms with Gasteiger partial charge in [-0.15, -0.1) is 11.3 Å². The molecule has 0 fully saturated rings. The van der Waals surface area contributed by atoms with Gasteiger partial charge in [-0.2, -0.15) is 0 Å². The minimum absolute atomic E-state index is 0.130. The van der Waals surface area contributed by atoms with Crippen LogP contribution in [0.4, 0.5) is 0 Å². The van der Waals surface area contributed by atoms with Gasteiger partial charge in [-0.25, -0.2) is 13.1 Å². The number of rotatable bonds is 3. The van der Waals surface area contributed by atoms with Crippen molar-refractivity contribution in [2.45, 2.75) is 12.5 Å². The SMILES string of the molecule is CS(=O)(=O)NCC1OCCc2sccc21. The van der Waals surface area contributed by atoms with E-state index in [0.29, 0.717) is 13.2 Å². The first kappa shape index (κ1) is 11.1. The lowest BCUT2D eigenvalue weighted by atomic mass is 10.1. The molecule has 0 spiro atoms. The van der Waals surface area contributed by atoms with Crippen molar-refractivity contribution in [3.05, 3.63) is 21.9 Å². The van der Waals surface area contributed by atoms with E-state index in [4.69, 9.17) is 4.74 Å². The second kappa shape index (κ2) is 4.21. The van der Waals surface area contributed by atoms with Crippen molar-refractivity contribution in [2.24, 2.45) is 0 Å². The second-order valence-electron chi connectivity index (χ2n) is 3.53. The van der Waals surface area contributed by atoms with Crippen molar-refractivity contribution < 1.29 is 13.2 Å². The van der Waals surface area contributed by atoms with Crippen LogP contribution in [0.2, 0.25) is 0 Å². The number of sulfonamides is 1. The van der Waals surface area contributed by atoms with E-state index >= 15 is 0 Å². The summed E-state index contributed by atoms with van der Waals surface area (Å²) in [7, 11) is -3.14. The minimum atomic E-state index is -3.14. The smallest absolute Gasteiger partial charge is 0.208 e. The van der Waals surface area contributed by atoms with Crippen molar-refractivity contribution in [3.8, 4) is 0 Å². The van der Waals surface area contributed by atoms with Crippen LogP contribution in [0, 0.1) is 0 Å². The van der Waals surface area contributed by atoms with E-state index in [0.717, 1.165) is 18.2 Å². The summed E-state index contributed by atoms with van der Waals surface area (Å²) in [4.78, 5) is 1.31. The molecule has 84 valence electrons. The molecule has 1 unspecified atom stereocenters. The third-order valence-electron chi connectivity index (χ3n) is 2.31. The Kier molecular flexibility index (Phi) is 3.11. The fourth-order valence-corrected chi connectivity index (χ4v) is 2.99. The molecule has 1 atom stereocenters. The Hall–Kier alpha value is -0.430. The van der Waals surface area contributed by atoms with Gasteiger partial charge < -0.3 is 4.74 Å². The summed E-state index contributed by atoms with van der Waals surface area (Å²) >= 11 is 1.71. The van der Waals surface area contributed by atoms with Gasteiger partial charge in [-0.05, 0) is 17.0 Å². The number of hydrogen-bond donors (Lipinski definition) is 1. The lowest BCUT2D eigenvalue weighted by molar-refractivity contribution is 0.0474. The molecule has 0 saturated heterocycles. The predicted molar refractivity (Wildman–Crippen MR) is 59.6 cm³/mol. The fourth-order valence-electron chi connectivity index (χ4n) is 1.62. The van der Waals surface area contributed by atoms with Crippen LogP contribution in [0.1, 0.15) is 16.5 Å². The lowest BCUT2D eigenvalue weighted by Crippen LogP contribution is -2.30. The van der Waals surface area contributed by atoms with Gasteiger partial charge in [-0.3, -0.25) is 0 Å². The zero-order valence-corrected chi connectivity index (χ0v) is 10.0. The van der Waals surface area contributed by atoms with E-state index in [1.165, 1.54) is 4.88 Å². The van der Waals surface area contributed by atoms with Crippen LogP contribution in [0.3, 0.4) is 0 Å². The molecule has 1 aliphatic rings. The fraction of sp³-hybridized carbons (Fsp3) is 0.556. The van der Waals surface area contributed by atoms with Crippen molar-refractivity contribution >= 4 is 21.4 Å². The highest BCUT2D eigenvalue weighted by Gasteiger charge is 2.22. The molecule has 1 aromatic rings. The molecule has 0 aromatic carbocycles.